The Morgan fingerprint density at radius 3 is 2.30 bits per heavy atom. The van der Waals surface area contributed by atoms with Crippen LogP contribution in [0.3, 0.4) is 0 Å². The third-order valence-electron chi connectivity index (χ3n) is 1.57. The third-order valence-corrected chi connectivity index (χ3v) is 1.57. The summed E-state index contributed by atoms with van der Waals surface area (Å²) in [4.78, 5) is 0. The fourth-order valence-electron chi connectivity index (χ4n) is 0.910. The van der Waals surface area contributed by atoms with Crippen LogP contribution in [0, 0.1) is 5.92 Å². The zero-order chi connectivity index (χ0) is 7.98. The van der Waals surface area contributed by atoms with Crippen LogP contribution in [0.25, 0.3) is 0 Å². The molecule has 0 aliphatic carbocycles. The van der Waals surface area contributed by atoms with Crippen LogP contribution in [0.1, 0.15) is 40.5 Å². The van der Waals surface area contributed by atoms with Crippen molar-refractivity contribution in [3.8, 4) is 0 Å². The van der Waals surface area contributed by atoms with Crippen LogP contribution < -0.4 is 0 Å². The molecule has 0 rings (SSSR count). The van der Waals surface area contributed by atoms with E-state index >= 15 is 0 Å². The van der Waals surface area contributed by atoms with Gasteiger partial charge in [-0.15, -0.1) is 5.73 Å². The molecule has 0 aliphatic heterocycles. The number of rotatable bonds is 3. The molecule has 0 fully saturated rings. The topological polar surface area (TPSA) is 0 Å². The predicted molar refractivity (Wildman–Crippen MR) is 47.0 cm³/mol. The summed E-state index contributed by atoms with van der Waals surface area (Å²) in [5.41, 5.74) is 4.74. The maximum absolute atomic E-state index is 3.31. The van der Waals surface area contributed by atoms with Gasteiger partial charge < -0.3 is 0 Å². The minimum absolute atomic E-state index is 0.660. The van der Waals surface area contributed by atoms with Gasteiger partial charge in [-0.05, 0) is 30.4 Å². The van der Waals surface area contributed by atoms with Crippen LogP contribution in [0.4, 0.5) is 0 Å². The van der Waals surface area contributed by atoms with E-state index in [9.17, 15) is 0 Å². The van der Waals surface area contributed by atoms with Gasteiger partial charge in [-0.3, -0.25) is 0 Å². The number of hydrogen-bond acceptors (Lipinski definition) is 0. The van der Waals surface area contributed by atoms with Crippen LogP contribution in [-0.4, -0.2) is 0 Å². The molecular formula is C10H18. The first-order chi connectivity index (χ1) is 4.72. The lowest BCUT2D eigenvalue weighted by molar-refractivity contribution is 0.734. The Morgan fingerprint density at radius 2 is 2.00 bits per heavy atom. The minimum atomic E-state index is 0.660. The maximum Gasteiger partial charge on any atom is -0.0184 e. The highest BCUT2D eigenvalue weighted by Gasteiger charge is 1.96. The molecule has 0 N–H and O–H groups in total. The van der Waals surface area contributed by atoms with Gasteiger partial charge in [0.15, 0.2) is 0 Å². The summed E-state index contributed by atoms with van der Waals surface area (Å²) in [5, 5.41) is 0. The van der Waals surface area contributed by atoms with Gasteiger partial charge in [0.25, 0.3) is 0 Å². The van der Waals surface area contributed by atoms with Crippen molar-refractivity contribution in [3.05, 3.63) is 17.4 Å². The molecule has 0 aliphatic rings. The second kappa shape index (κ2) is 5.32. The summed E-state index contributed by atoms with van der Waals surface area (Å²) in [6, 6.07) is 0. The molecule has 0 aromatic carbocycles. The second-order valence-corrected chi connectivity index (χ2v) is 2.79. The average molecular weight is 138 g/mol. The molecule has 0 heterocycles. The Bertz CT molecular complexity index is 134. The van der Waals surface area contributed by atoms with E-state index in [1.54, 1.807) is 0 Å². The highest BCUT2D eigenvalue weighted by atomic mass is 14.0. The molecule has 0 radical (unpaired) electrons. The van der Waals surface area contributed by atoms with Gasteiger partial charge in [0, 0.05) is 0 Å². The molecule has 0 unspecified atom stereocenters. The van der Waals surface area contributed by atoms with E-state index in [-0.39, 0.29) is 0 Å². The van der Waals surface area contributed by atoms with E-state index < -0.39 is 0 Å². The zero-order valence-electron chi connectivity index (χ0n) is 7.57. The van der Waals surface area contributed by atoms with Crippen molar-refractivity contribution in [3.63, 3.8) is 0 Å². The normalized spacial score (nSPS) is 9.30. The van der Waals surface area contributed by atoms with E-state index in [0.717, 1.165) is 12.8 Å². The highest BCUT2D eigenvalue weighted by molar-refractivity contribution is 5.03. The lowest BCUT2D eigenvalue weighted by Gasteiger charge is -2.03. The first-order valence-corrected chi connectivity index (χ1v) is 4.16. The van der Waals surface area contributed by atoms with Crippen molar-refractivity contribution < 1.29 is 0 Å². The molecule has 0 bridgehead atoms. The lowest BCUT2D eigenvalue weighted by Crippen LogP contribution is -1.89. The van der Waals surface area contributed by atoms with Crippen LogP contribution in [0.2, 0.25) is 0 Å². The van der Waals surface area contributed by atoms with Gasteiger partial charge >= 0.3 is 0 Å². The van der Waals surface area contributed by atoms with Crippen LogP contribution in [-0.2, 0) is 0 Å². The summed E-state index contributed by atoms with van der Waals surface area (Å²) in [6.07, 6.45) is 4.34. The first kappa shape index (κ1) is 9.52. The Labute approximate surface area is 64.6 Å². The van der Waals surface area contributed by atoms with Crippen molar-refractivity contribution >= 4 is 0 Å². The lowest BCUT2D eigenvalue weighted by atomic mass is 10.0. The second-order valence-electron chi connectivity index (χ2n) is 2.79. The number of hydrogen-bond donors (Lipinski definition) is 0. The van der Waals surface area contributed by atoms with E-state index in [4.69, 9.17) is 0 Å². The molecule has 0 nitrogen and oxygen atoms in total. The molecular weight excluding hydrogens is 120 g/mol. The van der Waals surface area contributed by atoms with Crippen molar-refractivity contribution in [2.45, 2.75) is 40.5 Å². The Morgan fingerprint density at radius 1 is 1.40 bits per heavy atom. The summed E-state index contributed by atoms with van der Waals surface area (Å²) < 4.78 is 0. The van der Waals surface area contributed by atoms with E-state index in [2.05, 4.69) is 39.5 Å². The molecule has 0 aromatic heterocycles. The Balaban J connectivity index is 4.18. The van der Waals surface area contributed by atoms with Gasteiger partial charge in [-0.2, -0.15) is 0 Å². The molecule has 0 amide bonds. The summed E-state index contributed by atoms with van der Waals surface area (Å²) in [7, 11) is 0. The summed E-state index contributed by atoms with van der Waals surface area (Å²) in [5.74, 6) is 0.660. The fraction of sp³-hybridized carbons (Fsp3) is 0.700. The van der Waals surface area contributed by atoms with E-state index in [1.807, 2.05) is 0 Å². The van der Waals surface area contributed by atoms with Crippen molar-refractivity contribution in [2.75, 3.05) is 0 Å². The smallest absolute Gasteiger partial charge is 0.0184 e. The minimum Gasteiger partial charge on any atom is -0.126 e. The van der Waals surface area contributed by atoms with Crippen LogP contribution in [0.15, 0.2) is 17.4 Å². The SMILES string of the molecule is CCC=C=C(CC)C(C)C. The van der Waals surface area contributed by atoms with E-state index in [1.165, 1.54) is 5.57 Å². The van der Waals surface area contributed by atoms with Gasteiger partial charge in [0.05, 0.1) is 0 Å². The molecule has 58 valence electrons. The van der Waals surface area contributed by atoms with Crippen LogP contribution in [0.5, 0.6) is 0 Å². The maximum atomic E-state index is 3.31. The first-order valence-electron chi connectivity index (χ1n) is 4.16. The predicted octanol–water partition coefficient (Wildman–Crippen LogP) is 3.54. The van der Waals surface area contributed by atoms with Crippen LogP contribution >= 0.6 is 0 Å². The van der Waals surface area contributed by atoms with Gasteiger partial charge in [-0.25, -0.2) is 0 Å². The van der Waals surface area contributed by atoms with E-state index in [0.29, 0.717) is 5.92 Å². The Hall–Kier alpha value is -0.480. The highest BCUT2D eigenvalue weighted by Crippen LogP contribution is 2.10. The monoisotopic (exact) mass is 138 g/mol. The summed E-state index contributed by atoms with van der Waals surface area (Å²) >= 11 is 0. The molecule has 10 heavy (non-hydrogen) atoms. The third kappa shape index (κ3) is 3.53. The molecule has 0 saturated heterocycles. The van der Waals surface area contributed by atoms with Gasteiger partial charge in [-0.1, -0.05) is 27.7 Å². The zero-order valence-corrected chi connectivity index (χ0v) is 7.57. The van der Waals surface area contributed by atoms with Crippen molar-refractivity contribution in [1.29, 1.82) is 0 Å². The Kier molecular flexibility index (Phi) is 5.06. The number of allylic oxidation sites excluding steroid dienone is 1. The largest absolute Gasteiger partial charge is 0.126 e. The van der Waals surface area contributed by atoms with Crippen molar-refractivity contribution in [1.82, 2.24) is 0 Å². The standard InChI is InChI=1S/C10H18/c1-5-7-8-10(6-2)9(3)4/h7,9H,5-6H2,1-4H3. The summed E-state index contributed by atoms with van der Waals surface area (Å²) in [6.45, 7) is 8.76. The average Bonchev–Trinajstić information content (AvgIpc) is 1.89. The van der Waals surface area contributed by atoms with Crippen molar-refractivity contribution in [2.24, 2.45) is 5.92 Å². The molecule has 0 spiro atoms. The quantitative estimate of drug-likeness (QED) is 0.523. The molecule has 0 atom stereocenters. The molecule has 0 saturated carbocycles. The van der Waals surface area contributed by atoms with Gasteiger partial charge in [0.1, 0.15) is 0 Å². The molecule has 0 aromatic rings. The fourth-order valence-corrected chi connectivity index (χ4v) is 0.910. The molecule has 0 heteroatoms. The van der Waals surface area contributed by atoms with Gasteiger partial charge in [0.2, 0.25) is 0 Å².